The fraction of sp³-hybridized carbons (Fsp3) is 0.435. The van der Waals surface area contributed by atoms with Crippen molar-refractivity contribution in [3.05, 3.63) is 53.1 Å². The van der Waals surface area contributed by atoms with Crippen molar-refractivity contribution in [3.8, 4) is 11.5 Å². The topological polar surface area (TPSA) is 54.0 Å². The van der Waals surface area contributed by atoms with E-state index in [0.717, 1.165) is 55.5 Å². The lowest BCUT2D eigenvalue weighted by molar-refractivity contribution is -0.121. The van der Waals surface area contributed by atoms with Gasteiger partial charge in [0.15, 0.2) is 11.5 Å². The third-order valence-corrected chi connectivity index (χ3v) is 5.82. The monoisotopic (exact) mass is 395 g/mol. The number of ether oxygens (including phenoxy) is 2. The minimum Gasteiger partial charge on any atom is -0.454 e. The molecule has 2 aromatic carbocycles. The third kappa shape index (κ3) is 4.54. The molecule has 0 saturated carbocycles. The number of benzene rings is 2. The molecule has 0 aliphatic carbocycles. The summed E-state index contributed by atoms with van der Waals surface area (Å²) < 4.78 is 10.9. The van der Waals surface area contributed by atoms with Crippen LogP contribution in [-0.2, 0) is 11.3 Å². The molecule has 0 unspecified atom stereocenters. The Morgan fingerprint density at radius 3 is 2.55 bits per heavy atom. The maximum atomic E-state index is 12.7. The van der Waals surface area contributed by atoms with Gasteiger partial charge in [0.1, 0.15) is 0 Å². The van der Waals surface area contributed by atoms with Gasteiger partial charge in [0.05, 0.1) is 6.04 Å². The van der Waals surface area contributed by atoms with E-state index in [1.54, 1.807) is 0 Å². The molecular weight excluding hydrogens is 366 g/mol. The Labute approximate surface area is 172 Å². The van der Waals surface area contributed by atoms with Crippen molar-refractivity contribution >= 4 is 11.6 Å². The number of carbonyl (C=O) groups excluding carboxylic acids is 1. The highest BCUT2D eigenvalue weighted by molar-refractivity contribution is 5.95. The van der Waals surface area contributed by atoms with Gasteiger partial charge in [-0.3, -0.25) is 14.6 Å². The minimum absolute atomic E-state index is 0.0566. The summed E-state index contributed by atoms with van der Waals surface area (Å²) in [6, 6.07) is 12.1. The molecule has 0 bridgehead atoms. The van der Waals surface area contributed by atoms with E-state index >= 15 is 0 Å². The van der Waals surface area contributed by atoms with Crippen molar-refractivity contribution in [2.45, 2.75) is 33.4 Å². The standard InChI is InChI=1S/C23H29N3O3/c1-16-4-6-20(17(2)12-16)24-23(27)18(3)26-10-8-25(9-11-26)14-19-5-7-21-22(13-19)29-15-28-21/h4-7,12-13,18H,8-11,14-15H2,1-3H3,(H,24,27)/t18-/m1/s1. The van der Waals surface area contributed by atoms with Crippen LogP contribution in [0.5, 0.6) is 11.5 Å². The molecule has 2 aliphatic rings. The number of fused-ring (bicyclic) bond motifs is 1. The van der Waals surface area contributed by atoms with Crippen molar-refractivity contribution in [2.75, 3.05) is 38.3 Å². The third-order valence-electron chi connectivity index (χ3n) is 5.82. The van der Waals surface area contributed by atoms with Crippen LogP contribution in [0.2, 0.25) is 0 Å². The Morgan fingerprint density at radius 2 is 1.79 bits per heavy atom. The summed E-state index contributed by atoms with van der Waals surface area (Å²) in [5.41, 5.74) is 4.42. The number of hydrogen-bond acceptors (Lipinski definition) is 5. The summed E-state index contributed by atoms with van der Waals surface area (Å²) in [4.78, 5) is 17.4. The second-order valence-electron chi connectivity index (χ2n) is 7.98. The second-order valence-corrected chi connectivity index (χ2v) is 7.98. The van der Waals surface area contributed by atoms with Gasteiger partial charge in [0.25, 0.3) is 0 Å². The molecule has 0 aromatic heterocycles. The molecule has 0 radical (unpaired) electrons. The molecule has 6 nitrogen and oxygen atoms in total. The van der Waals surface area contributed by atoms with E-state index < -0.39 is 0 Å². The van der Waals surface area contributed by atoms with Gasteiger partial charge in [-0.15, -0.1) is 0 Å². The van der Waals surface area contributed by atoms with E-state index in [1.807, 2.05) is 32.0 Å². The van der Waals surface area contributed by atoms with Gasteiger partial charge < -0.3 is 14.8 Å². The second kappa shape index (κ2) is 8.43. The molecule has 1 saturated heterocycles. The van der Waals surface area contributed by atoms with Gasteiger partial charge in [0, 0.05) is 38.4 Å². The number of aryl methyl sites for hydroxylation is 2. The summed E-state index contributed by atoms with van der Waals surface area (Å²) in [5, 5.41) is 3.09. The molecular formula is C23H29N3O3. The largest absolute Gasteiger partial charge is 0.454 e. The molecule has 29 heavy (non-hydrogen) atoms. The normalized spacial score (nSPS) is 17.9. The molecule has 6 heteroatoms. The predicted octanol–water partition coefficient (Wildman–Crippen LogP) is 3.18. The number of nitrogens with one attached hydrogen (secondary N) is 1. The highest BCUT2D eigenvalue weighted by Crippen LogP contribution is 2.32. The first-order chi connectivity index (χ1) is 14.0. The van der Waals surface area contributed by atoms with Crippen molar-refractivity contribution in [2.24, 2.45) is 0 Å². The maximum Gasteiger partial charge on any atom is 0.241 e. The van der Waals surface area contributed by atoms with E-state index in [-0.39, 0.29) is 11.9 Å². The Morgan fingerprint density at radius 1 is 1.03 bits per heavy atom. The highest BCUT2D eigenvalue weighted by atomic mass is 16.7. The number of carbonyl (C=O) groups is 1. The molecule has 1 fully saturated rings. The van der Waals surface area contributed by atoms with E-state index in [9.17, 15) is 4.79 Å². The zero-order valence-corrected chi connectivity index (χ0v) is 17.4. The zero-order valence-electron chi connectivity index (χ0n) is 17.4. The number of hydrogen-bond donors (Lipinski definition) is 1. The molecule has 0 spiro atoms. The number of anilines is 1. The molecule has 1 N–H and O–H groups in total. The van der Waals surface area contributed by atoms with Crippen LogP contribution >= 0.6 is 0 Å². The van der Waals surface area contributed by atoms with Gasteiger partial charge in [-0.2, -0.15) is 0 Å². The Balaban J connectivity index is 1.29. The van der Waals surface area contributed by atoms with Gasteiger partial charge >= 0.3 is 0 Å². The Bertz CT molecular complexity index is 891. The van der Waals surface area contributed by atoms with Gasteiger partial charge in [-0.25, -0.2) is 0 Å². The molecule has 2 heterocycles. The molecule has 1 atom stereocenters. The Hall–Kier alpha value is -2.57. The summed E-state index contributed by atoms with van der Waals surface area (Å²) in [7, 11) is 0. The Kier molecular flexibility index (Phi) is 5.74. The van der Waals surface area contributed by atoms with Crippen molar-refractivity contribution in [1.29, 1.82) is 0 Å². The summed E-state index contributed by atoms with van der Waals surface area (Å²) in [6.45, 7) is 10.9. The number of amides is 1. The zero-order chi connectivity index (χ0) is 20.4. The van der Waals surface area contributed by atoms with Crippen molar-refractivity contribution in [1.82, 2.24) is 9.80 Å². The average Bonchev–Trinajstić information content (AvgIpc) is 3.18. The van der Waals surface area contributed by atoms with Crippen LogP contribution in [0.25, 0.3) is 0 Å². The molecule has 154 valence electrons. The van der Waals surface area contributed by atoms with Crippen LogP contribution < -0.4 is 14.8 Å². The smallest absolute Gasteiger partial charge is 0.241 e. The maximum absolute atomic E-state index is 12.7. The lowest BCUT2D eigenvalue weighted by Gasteiger charge is -2.37. The number of piperazine rings is 1. The van der Waals surface area contributed by atoms with Gasteiger partial charge in [0.2, 0.25) is 12.7 Å². The van der Waals surface area contributed by atoms with Crippen LogP contribution in [0.15, 0.2) is 36.4 Å². The fourth-order valence-corrected chi connectivity index (χ4v) is 3.96. The number of nitrogens with zero attached hydrogens (tertiary/aromatic N) is 2. The lowest BCUT2D eigenvalue weighted by Crippen LogP contribution is -2.52. The van der Waals surface area contributed by atoms with Crippen LogP contribution in [0.1, 0.15) is 23.6 Å². The van der Waals surface area contributed by atoms with Gasteiger partial charge in [-0.1, -0.05) is 23.8 Å². The first-order valence-electron chi connectivity index (χ1n) is 10.2. The van der Waals surface area contributed by atoms with E-state index in [4.69, 9.17) is 9.47 Å². The van der Waals surface area contributed by atoms with Crippen molar-refractivity contribution < 1.29 is 14.3 Å². The highest BCUT2D eigenvalue weighted by Gasteiger charge is 2.26. The van der Waals surface area contributed by atoms with Crippen LogP contribution in [-0.4, -0.2) is 54.7 Å². The molecule has 2 aromatic rings. The molecule has 1 amide bonds. The summed E-state index contributed by atoms with van der Waals surface area (Å²) >= 11 is 0. The molecule has 4 rings (SSSR count). The minimum atomic E-state index is -0.150. The summed E-state index contributed by atoms with van der Waals surface area (Å²) in [5.74, 6) is 1.71. The lowest BCUT2D eigenvalue weighted by atomic mass is 10.1. The predicted molar refractivity (Wildman–Crippen MR) is 113 cm³/mol. The SMILES string of the molecule is Cc1ccc(NC(=O)[C@@H](C)N2CCN(Cc3ccc4c(c3)OCO4)CC2)c(C)c1. The molecule has 2 aliphatic heterocycles. The number of rotatable bonds is 5. The van der Waals surface area contributed by atoms with Crippen LogP contribution in [0, 0.1) is 13.8 Å². The van der Waals surface area contributed by atoms with E-state index in [1.165, 1.54) is 11.1 Å². The van der Waals surface area contributed by atoms with E-state index in [2.05, 4.69) is 40.2 Å². The first kappa shape index (κ1) is 19.7. The fourth-order valence-electron chi connectivity index (χ4n) is 3.96. The average molecular weight is 396 g/mol. The summed E-state index contributed by atoms with van der Waals surface area (Å²) in [6.07, 6.45) is 0. The van der Waals surface area contributed by atoms with Gasteiger partial charge in [-0.05, 0) is 50.1 Å². The van der Waals surface area contributed by atoms with Crippen LogP contribution in [0.4, 0.5) is 5.69 Å². The first-order valence-corrected chi connectivity index (χ1v) is 10.2. The quantitative estimate of drug-likeness (QED) is 0.843. The van der Waals surface area contributed by atoms with Crippen molar-refractivity contribution in [3.63, 3.8) is 0 Å². The van der Waals surface area contributed by atoms with E-state index in [0.29, 0.717) is 6.79 Å². The van der Waals surface area contributed by atoms with Crippen LogP contribution in [0.3, 0.4) is 0 Å².